The van der Waals surface area contributed by atoms with Gasteiger partial charge in [-0.1, -0.05) is 31.5 Å². The lowest BCUT2D eigenvalue weighted by atomic mass is 9.88. The molecule has 1 fully saturated rings. The summed E-state index contributed by atoms with van der Waals surface area (Å²) in [5.74, 6) is 1.12. The van der Waals surface area contributed by atoms with Crippen molar-refractivity contribution in [2.45, 2.75) is 50.0 Å². The molecule has 1 amide bonds. The zero-order chi connectivity index (χ0) is 15.1. The number of nitrogens with one attached hydrogen (secondary N) is 1. The summed E-state index contributed by atoms with van der Waals surface area (Å²) in [6, 6.07) is 0. The minimum Gasteiger partial charge on any atom is -0.376 e. The number of hydrogen-bond donors (Lipinski definition) is 1. The summed E-state index contributed by atoms with van der Waals surface area (Å²) < 4.78 is 6.83. The summed E-state index contributed by atoms with van der Waals surface area (Å²) >= 11 is 3.08. The van der Waals surface area contributed by atoms with Crippen molar-refractivity contribution >= 4 is 29.0 Å². The van der Waals surface area contributed by atoms with Crippen molar-refractivity contribution in [2.75, 3.05) is 18.9 Å². The molecule has 4 nitrogen and oxygen atoms in total. The Morgan fingerprint density at radius 3 is 3.05 bits per heavy atom. The van der Waals surface area contributed by atoms with Crippen LogP contribution in [0.3, 0.4) is 0 Å². The first-order valence-electron chi connectivity index (χ1n) is 7.58. The van der Waals surface area contributed by atoms with Crippen LogP contribution in [0.25, 0.3) is 0 Å². The number of carbonyl (C=O) groups excluding carboxylic acids is 1. The molecule has 1 saturated carbocycles. The van der Waals surface area contributed by atoms with E-state index in [1.165, 1.54) is 31.0 Å². The average molecular weight is 329 g/mol. The lowest BCUT2D eigenvalue weighted by molar-refractivity contribution is -0.119. The van der Waals surface area contributed by atoms with Crippen molar-refractivity contribution in [1.82, 2.24) is 10.3 Å². The number of hydrogen-bond acceptors (Lipinski definition) is 5. The first-order chi connectivity index (χ1) is 10.1. The second-order valence-corrected chi connectivity index (χ2v) is 7.64. The first kappa shape index (κ1) is 16.8. The molecule has 2 atom stereocenters. The predicted molar refractivity (Wildman–Crippen MR) is 88.0 cm³/mol. The Hall–Kier alpha value is -0.590. The molecule has 0 aliphatic heterocycles. The molecule has 0 bridgehead atoms. The number of ether oxygens (including phenoxy) is 1. The fourth-order valence-corrected chi connectivity index (χ4v) is 4.19. The van der Waals surface area contributed by atoms with Crippen LogP contribution < -0.4 is 5.32 Å². The second kappa shape index (κ2) is 8.76. The summed E-state index contributed by atoms with van der Waals surface area (Å²) in [5, 5.41) is 4.91. The largest absolute Gasteiger partial charge is 0.376 e. The van der Waals surface area contributed by atoms with Crippen LogP contribution in [0.1, 0.15) is 38.3 Å². The van der Waals surface area contributed by atoms with Gasteiger partial charge in [0.15, 0.2) is 4.34 Å². The lowest BCUT2D eigenvalue weighted by Crippen LogP contribution is -2.32. The number of carbonyl (C=O) groups is 1. The second-order valence-electron chi connectivity index (χ2n) is 5.56. The molecule has 2 rings (SSSR count). The van der Waals surface area contributed by atoms with E-state index < -0.39 is 0 Å². The van der Waals surface area contributed by atoms with E-state index in [0.29, 0.717) is 30.9 Å². The van der Waals surface area contributed by atoms with Crippen molar-refractivity contribution in [3.05, 3.63) is 11.1 Å². The minimum atomic E-state index is 0.0492. The van der Waals surface area contributed by atoms with E-state index in [9.17, 15) is 4.79 Å². The van der Waals surface area contributed by atoms with Gasteiger partial charge in [0.05, 0.1) is 18.5 Å². The topological polar surface area (TPSA) is 51.2 Å². The summed E-state index contributed by atoms with van der Waals surface area (Å²) in [6.07, 6.45) is 5.40. The van der Waals surface area contributed by atoms with Crippen molar-refractivity contribution in [3.8, 4) is 0 Å². The molecule has 1 aromatic rings. The van der Waals surface area contributed by atoms with Gasteiger partial charge in [0.1, 0.15) is 0 Å². The maximum absolute atomic E-state index is 11.7. The molecule has 0 radical (unpaired) electrons. The van der Waals surface area contributed by atoms with E-state index in [0.717, 1.165) is 16.5 Å². The number of nitrogens with zero attached hydrogens (tertiary/aromatic N) is 1. The molecule has 0 saturated heterocycles. The third-order valence-electron chi connectivity index (χ3n) is 3.71. The van der Waals surface area contributed by atoms with Crippen molar-refractivity contribution in [1.29, 1.82) is 0 Å². The van der Waals surface area contributed by atoms with Crippen LogP contribution in [-0.2, 0) is 9.53 Å². The standard InChI is InChI=1S/C15H24N2O2S2/c1-11-5-3-4-6-13(11)19-8-7-16-14(18)10-21-15-17-12(2)9-20-15/h9,11,13H,3-8,10H2,1-2H3,(H,16,18). The van der Waals surface area contributed by atoms with Gasteiger partial charge in [0.25, 0.3) is 0 Å². The number of aromatic nitrogens is 1. The number of thioether (sulfide) groups is 1. The molecular weight excluding hydrogens is 304 g/mol. The molecule has 1 aliphatic rings. The van der Waals surface area contributed by atoms with Crippen LogP contribution in [0.4, 0.5) is 0 Å². The highest BCUT2D eigenvalue weighted by molar-refractivity contribution is 8.01. The molecule has 0 spiro atoms. The van der Waals surface area contributed by atoms with Crippen LogP contribution in [0.2, 0.25) is 0 Å². The molecule has 6 heteroatoms. The Morgan fingerprint density at radius 2 is 2.33 bits per heavy atom. The zero-order valence-corrected chi connectivity index (χ0v) is 14.4. The summed E-state index contributed by atoms with van der Waals surface area (Å²) in [7, 11) is 0. The third kappa shape index (κ3) is 5.96. The molecule has 1 aliphatic carbocycles. The molecular formula is C15H24N2O2S2. The molecule has 118 valence electrons. The minimum absolute atomic E-state index is 0.0492. The number of rotatable bonds is 7. The Bertz CT molecular complexity index is 451. The maximum Gasteiger partial charge on any atom is 0.230 e. The van der Waals surface area contributed by atoms with Gasteiger partial charge in [-0.05, 0) is 25.7 Å². The third-order valence-corrected chi connectivity index (χ3v) is 5.85. The normalized spacial score (nSPS) is 22.2. The molecule has 21 heavy (non-hydrogen) atoms. The SMILES string of the molecule is Cc1csc(SCC(=O)NCCOC2CCCCC2C)n1. The quantitative estimate of drug-likeness (QED) is 0.616. The Morgan fingerprint density at radius 1 is 1.52 bits per heavy atom. The van der Waals surface area contributed by atoms with Gasteiger partial charge in [-0.2, -0.15) is 0 Å². The van der Waals surface area contributed by atoms with E-state index in [2.05, 4.69) is 17.2 Å². The van der Waals surface area contributed by atoms with Crippen molar-refractivity contribution in [2.24, 2.45) is 5.92 Å². The maximum atomic E-state index is 11.7. The van der Waals surface area contributed by atoms with Crippen molar-refractivity contribution in [3.63, 3.8) is 0 Å². The Labute approximate surface area is 135 Å². The van der Waals surface area contributed by atoms with Crippen LogP contribution in [0, 0.1) is 12.8 Å². The first-order valence-corrected chi connectivity index (χ1v) is 9.45. The summed E-state index contributed by atoms with van der Waals surface area (Å²) in [6.45, 7) is 5.43. The summed E-state index contributed by atoms with van der Waals surface area (Å²) in [4.78, 5) is 16.1. The van der Waals surface area contributed by atoms with Gasteiger partial charge in [-0.15, -0.1) is 11.3 Å². The fourth-order valence-electron chi connectivity index (χ4n) is 2.51. The molecule has 1 heterocycles. The van der Waals surface area contributed by atoms with Crippen LogP contribution in [0.15, 0.2) is 9.72 Å². The van der Waals surface area contributed by atoms with Gasteiger partial charge in [0, 0.05) is 17.6 Å². The summed E-state index contributed by atoms with van der Waals surface area (Å²) in [5.41, 5.74) is 1.01. The smallest absolute Gasteiger partial charge is 0.230 e. The highest BCUT2D eigenvalue weighted by Gasteiger charge is 2.21. The van der Waals surface area contributed by atoms with Crippen molar-refractivity contribution < 1.29 is 9.53 Å². The zero-order valence-electron chi connectivity index (χ0n) is 12.8. The molecule has 1 N–H and O–H groups in total. The van der Waals surface area contributed by atoms with E-state index in [1.54, 1.807) is 11.3 Å². The Balaban J connectivity index is 1.54. The monoisotopic (exact) mass is 328 g/mol. The fraction of sp³-hybridized carbons (Fsp3) is 0.733. The molecule has 2 unspecified atom stereocenters. The van der Waals surface area contributed by atoms with Crippen LogP contribution in [-0.4, -0.2) is 35.9 Å². The molecule has 1 aromatic heterocycles. The van der Waals surface area contributed by atoms with Gasteiger partial charge >= 0.3 is 0 Å². The lowest BCUT2D eigenvalue weighted by Gasteiger charge is -2.28. The number of amides is 1. The molecule has 0 aromatic carbocycles. The van der Waals surface area contributed by atoms with Crippen LogP contribution in [0.5, 0.6) is 0 Å². The highest BCUT2D eigenvalue weighted by Crippen LogP contribution is 2.26. The van der Waals surface area contributed by atoms with E-state index in [4.69, 9.17) is 4.74 Å². The van der Waals surface area contributed by atoms with Crippen LogP contribution >= 0.6 is 23.1 Å². The van der Waals surface area contributed by atoms with E-state index in [-0.39, 0.29) is 5.91 Å². The number of aryl methyl sites for hydroxylation is 1. The van der Waals surface area contributed by atoms with Gasteiger partial charge in [-0.3, -0.25) is 4.79 Å². The van der Waals surface area contributed by atoms with Gasteiger partial charge in [-0.25, -0.2) is 4.98 Å². The van der Waals surface area contributed by atoms with Gasteiger partial charge in [0.2, 0.25) is 5.91 Å². The van der Waals surface area contributed by atoms with E-state index in [1.807, 2.05) is 12.3 Å². The highest BCUT2D eigenvalue weighted by atomic mass is 32.2. The van der Waals surface area contributed by atoms with E-state index >= 15 is 0 Å². The van der Waals surface area contributed by atoms with Gasteiger partial charge < -0.3 is 10.1 Å². The average Bonchev–Trinajstić information content (AvgIpc) is 2.89. The number of thiazole rings is 1. The predicted octanol–water partition coefficient (Wildman–Crippen LogP) is 3.26. The Kier molecular flexibility index (Phi) is 6.99.